The molecule has 1 heterocycles. The van der Waals surface area contributed by atoms with Crippen LogP contribution in [0.3, 0.4) is 0 Å². The van der Waals surface area contributed by atoms with E-state index in [2.05, 4.69) is 5.32 Å². The van der Waals surface area contributed by atoms with Crippen molar-refractivity contribution in [1.29, 1.82) is 0 Å². The molecule has 0 radical (unpaired) electrons. The quantitative estimate of drug-likeness (QED) is 0.384. The van der Waals surface area contributed by atoms with Gasteiger partial charge in [0.05, 0.1) is 39.6 Å². The molecule has 0 fully saturated rings. The summed E-state index contributed by atoms with van der Waals surface area (Å²) in [5.74, 6) is 3.29. The Bertz CT molecular complexity index is 1250. The Morgan fingerprint density at radius 1 is 0.750 bits per heavy atom. The van der Waals surface area contributed by atoms with Crippen LogP contribution in [0.4, 0.5) is 11.5 Å². The molecule has 32 heavy (non-hydrogen) atoms. The van der Waals surface area contributed by atoms with Crippen molar-refractivity contribution in [1.82, 2.24) is 9.97 Å². The number of hydrogen-bond donors (Lipinski definition) is 1. The number of methoxy groups -OCH3 is 4. The molecule has 0 aliphatic carbocycles. The van der Waals surface area contributed by atoms with E-state index < -0.39 is 0 Å². The molecule has 0 amide bonds. The lowest BCUT2D eigenvalue weighted by molar-refractivity contribution is 0.324. The molecule has 0 bridgehead atoms. The molecule has 0 aliphatic rings. The van der Waals surface area contributed by atoms with Crippen LogP contribution in [0.1, 0.15) is 0 Å². The van der Waals surface area contributed by atoms with E-state index in [4.69, 9.17) is 40.5 Å². The van der Waals surface area contributed by atoms with E-state index in [9.17, 15) is 0 Å². The molecule has 0 spiro atoms. The Morgan fingerprint density at radius 2 is 1.44 bits per heavy atom. The smallest absolute Gasteiger partial charge is 0.203 e. The molecule has 164 valence electrons. The fourth-order valence-corrected chi connectivity index (χ4v) is 3.59. The van der Waals surface area contributed by atoms with Crippen LogP contribution in [-0.2, 0) is 0 Å². The van der Waals surface area contributed by atoms with Gasteiger partial charge in [0, 0.05) is 16.0 Å². The highest BCUT2D eigenvalue weighted by molar-refractivity contribution is 6.31. The number of fused-ring (bicyclic) bond motifs is 1. The van der Waals surface area contributed by atoms with E-state index in [-0.39, 0.29) is 0 Å². The zero-order chi connectivity index (χ0) is 22.7. The maximum absolute atomic E-state index is 6.21. The van der Waals surface area contributed by atoms with E-state index in [0.29, 0.717) is 50.9 Å². The van der Waals surface area contributed by atoms with E-state index in [1.807, 2.05) is 36.4 Å². The van der Waals surface area contributed by atoms with Crippen molar-refractivity contribution in [3.8, 4) is 34.4 Å². The summed E-state index contributed by atoms with van der Waals surface area (Å²) >= 11 is 6.21. The zero-order valence-corrected chi connectivity index (χ0v) is 18.9. The van der Waals surface area contributed by atoms with Crippen LogP contribution in [0.2, 0.25) is 5.02 Å². The molecule has 0 aliphatic heterocycles. The minimum Gasteiger partial charge on any atom is -0.495 e. The summed E-state index contributed by atoms with van der Waals surface area (Å²) in [7, 11) is 6.31. The topological polar surface area (TPSA) is 74.7 Å². The SMILES string of the molecule is COc1ccc(Cl)cc1Nc1nc(-c2cc(OC)c(OC)c(OC)c2)nc2ccccc12. The summed E-state index contributed by atoms with van der Waals surface area (Å²) in [6.45, 7) is 0. The van der Waals surface area contributed by atoms with Gasteiger partial charge in [-0.25, -0.2) is 9.97 Å². The number of aromatic nitrogens is 2. The van der Waals surface area contributed by atoms with E-state index in [1.54, 1.807) is 46.6 Å². The third kappa shape index (κ3) is 4.07. The van der Waals surface area contributed by atoms with Crippen molar-refractivity contribution < 1.29 is 18.9 Å². The van der Waals surface area contributed by atoms with Crippen molar-refractivity contribution in [2.45, 2.75) is 0 Å². The lowest BCUT2D eigenvalue weighted by Crippen LogP contribution is -2.02. The van der Waals surface area contributed by atoms with Gasteiger partial charge in [0.15, 0.2) is 17.3 Å². The second-order valence-corrected chi connectivity index (χ2v) is 7.23. The van der Waals surface area contributed by atoms with E-state index in [1.165, 1.54) is 0 Å². The average molecular weight is 452 g/mol. The Morgan fingerprint density at radius 3 is 2.09 bits per heavy atom. The molecular weight excluding hydrogens is 430 g/mol. The van der Waals surface area contributed by atoms with Gasteiger partial charge in [-0.2, -0.15) is 0 Å². The monoisotopic (exact) mass is 451 g/mol. The highest BCUT2D eigenvalue weighted by Gasteiger charge is 2.17. The highest BCUT2D eigenvalue weighted by Crippen LogP contribution is 2.41. The third-order valence-electron chi connectivity index (χ3n) is 4.94. The highest BCUT2D eigenvalue weighted by atomic mass is 35.5. The summed E-state index contributed by atoms with van der Waals surface area (Å²) in [4.78, 5) is 9.56. The number of hydrogen-bond acceptors (Lipinski definition) is 7. The predicted molar refractivity (Wildman–Crippen MR) is 126 cm³/mol. The van der Waals surface area contributed by atoms with Crippen LogP contribution < -0.4 is 24.3 Å². The summed E-state index contributed by atoms with van der Waals surface area (Å²) in [6, 6.07) is 16.7. The van der Waals surface area contributed by atoms with Crippen LogP contribution in [0, 0.1) is 0 Å². The maximum Gasteiger partial charge on any atom is 0.203 e. The van der Waals surface area contributed by atoms with Gasteiger partial charge in [-0.05, 0) is 42.5 Å². The molecule has 4 rings (SSSR count). The first-order valence-corrected chi connectivity index (χ1v) is 10.1. The fraction of sp³-hybridized carbons (Fsp3) is 0.167. The van der Waals surface area contributed by atoms with Gasteiger partial charge in [0.2, 0.25) is 5.75 Å². The second-order valence-electron chi connectivity index (χ2n) is 6.80. The van der Waals surface area contributed by atoms with Crippen LogP contribution in [-0.4, -0.2) is 38.4 Å². The standard InChI is InChI=1S/C24H22ClN3O4/c1-29-19-10-9-15(25)13-18(19)27-24-16-7-5-6-8-17(16)26-23(28-24)14-11-20(30-2)22(32-4)21(12-14)31-3/h5-13H,1-4H3,(H,26,27,28). The molecule has 0 unspecified atom stereocenters. The summed E-state index contributed by atoms with van der Waals surface area (Å²) in [6.07, 6.45) is 0. The Kier molecular flexibility index (Phi) is 6.18. The molecule has 1 aromatic heterocycles. The van der Waals surface area contributed by atoms with Crippen molar-refractivity contribution in [3.05, 3.63) is 59.6 Å². The molecule has 1 N–H and O–H groups in total. The van der Waals surface area contributed by atoms with Crippen molar-refractivity contribution in [2.75, 3.05) is 33.8 Å². The molecule has 0 saturated carbocycles. The molecule has 4 aromatic rings. The Hall–Kier alpha value is -3.71. The van der Waals surface area contributed by atoms with Gasteiger partial charge in [-0.15, -0.1) is 0 Å². The first kappa shape index (κ1) is 21.5. The average Bonchev–Trinajstić information content (AvgIpc) is 2.83. The summed E-state index contributed by atoms with van der Waals surface area (Å²) in [5.41, 5.74) is 2.18. The summed E-state index contributed by atoms with van der Waals surface area (Å²) < 4.78 is 21.9. The van der Waals surface area contributed by atoms with Gasteiger partial charge in [0.25, 0.3) is 0 Å². The third-order valence-corrected chi connectivity index (χ3v) is 5.18. The number of halogens is 1. The first-order valence-electron chi connectivity index (χ1n) is 9.75. The molecule has 0 saturated heterocycles. The van der Waals surface area contributed by atoms with Gasteiger partial charge >= 0.3 is 0 Å². The lowest BCUT2D eigenvalue weighted by Gasteiger charge is -2.16. The number of ether oxygens (including phenoxy) is 4. The van der Waals surface area contributed by atoms with Crippen molar-refractivity contribution in [2.24, 2.45) is 0 Å². The lowest BCUT2D eigenvalue weighted by atomic mass is 10.1. The van der Waals surface area contributed by atoms with Gasteiger partial charge in [0.1, 0.15) is 11.6 Å². The molecule has 8 heteroatoms. The van der Waals surface area contributed by atoms with Gasteiger partial charge < -0.3 is 24.3 Å². The van der Waals surface area contributed by atoms with E-state index >= 15 is 0 Å². The van der Waals surface area contributed by atoms with Crippen LogP contribution in [0.25, 0.3) is 22.3 Å². The van der Waals surface area contributed by atoms with Crippen LogP contribution >= 0.6 is 11.6 Å². The summed E-state index contributed by atoms with van der Waals surface area (Å²) in [5, 5.41) is 4.78. The fourth-order valence-electron chi connectivity index (χ4n) is 3.42. The van der Waals surface area contributed by atoms with E-state index in [0.717, 1.165) is 10.9 Å². The van der Waals surface area contributed by atoms with Crippen LogP contribution in [0.5, 0.6) is 23.0 Å². The molecular formula is C24H22ClN3O4. The second kappa shape index (κ2) is 9.20. The minimum atomic E-state index is 0.492. The Labute approximate surface area is 190 Å². The minimum absolute atomic E-state index is 0.492. The number of benzene rings is 3. The number of nitrogens with zero attached hydrogens (tertiary/aromatic N) is 2. The predicted octanol–water partition coefficient (Wildman–Crippen LogP) is 5.73. The molecule has 0 atom stereocenters. The largest absolute Gasteiger partial charge is 0.495 e. The number of para-hydroxylation sites is 1. The zero-order valence-electron chi connectivity index (χ0n) is 18.1. The van der Waals surface area contributed by atoms with Crippen molar-refractivity contribution in [3.63, 3.8) is 0 Å². The Balaban J connectivity index is 1.90. The number of anilines is 2. The number of rotatable bonds is 7. The number of nitrogens with one attached hydrogen (secondary N) is 1. The van der Waals surface area contributed by atoms with Crippen LogP contribution in [0.15, 0.2) is 54.6 Å². The maximum atomic E-state index is 6.21. The molecule has 3 aromatic carbocycles. The normalized spacial score (nSPS) is 10.7. The van der Waals surface area contributed by atoms with Gasteiger partial charge in [-0.1, -0.05) is 23.7 Å². The van der Waals surface area contributed by atoms with Gasteiger partial charge in [-0.3, -0.25) is 0 Å². The first-order chi connectivity index (χ1) is 15.6. The molecule has 7 nitrogen and oxygen atoms in total. The van der Waals surface area contributed by atoms with Crippen molar-refractivity contribution >= 4 is 34.0 Å².